The Morgan fingerprint density at radius 3 is 3.00 bits per heavy atom. The molecule has 2 heterocycles. The third-order valence-corrected chi connectivity index (χ3v) is 5.58. The summed E-state index contributed by atoms with van der Waals surface area (Å²) in [6.07, 6.45) is 6.12. The lowest BCUT2D eigenvalue weighted by Crippen LogP contribution is -2.02. The first-order valence-electron chi connectivity index (χ1n) is 8.44. The zero-order valence-corrected chi connectivity index (χ0v) is 15.0. The van der Waals surface area contributed by atoms with Crippen molar-refractivity contribution in [2.45, 2.75) is 32.6 Å². The monoisotopic (exact) mass is 367 g/mol. The fraction of sp³-hybridized carbons (Fsp3) is 0.278. The molecule has 0 atom stereocenters. The van der Waals surface area contributed by atoms with Gasteiger partial charge in [0.1, 0.15) is 10.7 Å². The van der Waals surface area contributed by atoms with Gasteiger partial charge in [-0.3, -0.25) is 15.5 Å². The van der Waals surface area contributed by atoms with Crippen molar-refractivity contribution in [3.63, 3.8) is 0 Å². The first kappa shape index (κ1) is 16.6. The quantitative estimate of drug-likeness (QED) is 0.423. The van der Waals surface area contributed by atoms with Gasteiger partial charge in [-0.2, -0.15) is 5.10 Å². The largest absolute Gasteiger partial charge is 0.270 e. The van der Waals surface area contributed by atoms with E-state index in [1.54, 1.807) is 29.7 Å². The molecule has 1 N–H and O–H groups in total. The average molecular weight is 367 g/mol. The Hall–Kier alpha value is -2.87. The number of fused-ring (bicyclic) bond motifs is 3. The molecule has 0 saturated carbocycles. The lowest BCUT2D eigenvalue weighted by atomic mass is 9.97. The van der Waals surface area contributed by atoms with Crippen LogP contribution < -0.4 is 5.43 Å². The summed E-state index contributed by atoms with van der Waals surface area (Å²) in [5, 5.41) is 16.2. The third kappa shape index (κ3) is 3.15. The van der Waals surface area contributed by atoms with Crippen molar-refractivity contribution >= 4 is 39.3 Å². The summed E-state index contributed by atoms with van der Waals surface area (Å²) in [5.41, 5.74) is 5.05. The minimum Gasteiger partial charge on any atom is -0.261 e. The van der Waals surface area contributed by atoms with Crippen LogP contribution in [-0.2, 0) is 12.8 Å². The van der Waals surface area contributed by atoms with Crippen molar-refractivity contribution in [1.29, 1.82) is 0 Å². The maximum Gasteiger partial charge on any atom is 0.270 e. The second kappa shape index (κ2) is 6.80. The van der Waals surface area contributed by atoms with E-state index in [0.717, 1.165) is 23.1 Å². The van der Waals surface area contributed by atoms with Gasteiger partial charge in [0, 0.05) is 22.6 Å². The molecular weight excluding hydrogens is 350 g/mol. The Balaban J connectivity index is 1.66. The Morgan fingerprint density at radius 2 is 2.15 bits per heavy atom. The molecule has 0 bridgehead atoms. The smallest absolute Gasteiger partial charge is 0.261 e. The molecule has 1 aliphatic rings. The van der Waals surface area contributed by atoms with Crippen LogP contribution in [0, 0.1) is 17.0 Å². The number of nitro benzene ring substituents is 1. The molecule has 7 nitrogen and oxygen atoms in total. The molecular formula is C18H17N5O2S. The lowest BCUT2D eigenvalue weighted by molar-refractivity contribution is -0.384. The van der Waals surface area contributed by atoms with Gasteiger partial charge in [0.2, 0.25) is 0 Å². The molecule has 1 aliphatic carbocycles. The van der Waals surface area contributed by atoms with Crippen LogP contribution in [0.2, 0.25) is 0 Å². The Kier molecular flexibility index (Phi) is 4.34. The van der Waals surface area contributed by atoms with Crippen LogP contribution in [0.1, 0.15) is 34.7 Å². The predicted molar refractivity (Wildman–Crippen MR) is 103 cm³/mol. The molecule has 26 heavy (non-hydrogen) atoms. The van der Waals surface area contributed by atoms with Crippen LogP contribution in [-0.4, -0.2) is 21.1 Å². The third-order valence-electron chi connectivity index (χ3n) is 4.39. The summed E-state index contributed by atoms with van der Waals surface area (Å²) < 4.78 is 0. The minimum absolute atomic E-state index is 0.0427. The van der Waals surface area contributed by atoms with E-state index in [-0.39, 0.29) is 5.69 Å². The molecule has 0 amide bonds. The number of benzene rings is 1. The van der Waals surface area contributed by atoms with Crippen LogP contribution in [0.4, 0.5) is 11.5 Å². The van der Waals surface area contributed by atoms with E-state index >= 15 is 0 Å². The van der Waals surface area contributed by atoms with E-state index in [9.17, 15) is 10.1 Å². The van der Waals surface area contributed by atoms with E-state index in [4.69, 9.17) is 0 Å². The predicted octanol–water partition coefficient (Wildman–Crippen LogP) is 4.23. The second-order valence-electron chi connectivity index (χ2n) is 6.23. The Bertz CT molecular complexity index is 1030. The molecule has 0 aliphatic heterocycles. The lowest BCUT2D eigenvalue weighted by Gasteiger charge is -2.11. The van der Waals surface area contributed by atoms with Crippen LogP contribution in [0.15, 0.2) is 29.4 Å². The summed E-state index contributed by atoms with van der Waals surface area (Å²) in [5.74, 6) is 1.40. The zero-order chi connectivity index (χ0) is 18.1. The van der Waals surface area contributed by atoms with Gasteiger partial charge in [0.15, 0.2) is 5.82 Å². The van der Waals surface area contributed by atoms with Crippen LogP contribution >= 0.6 is 11.3 Å². The normalized spacial score (nSPS) is 13.9. The first-order valence-corrected chi connectivity index (χ1v) is 9.26. The van der Waals surface area contributed by atoms with Crippen molar-refractivity contribution in [2.75, 3.05) is 5.43 Å². The van der Waals surface area contributed by atoms with Gasteiger partial charge < -0.3 is 0 Å². The molecule has 4 rings (SSSR count). The van der Waals surface area contributed by atoms with Gasteiger partial charge in [0.25, 0.3) is 5.69 Å². The van der Waals surface area contributed by atoms with Crippen LogP contribution in [0.25, 0.3) is 10.2 Å². The highest BCUT2D eigenvalue weighted by molar-refractivity contribution is 7.19. The van der Waals surface area contributed by atoms with E-state index in [2.05, 4.69) is 20.5 Å². The fourth-order valence-electron chi connectivity index (χ4n) is 3.23. The number of nitrogens with one attached hydrogen (secondary N) is 1. The van der Waals surface area contributed by atoms with Gasteiger partial charge in [-0.15, -0.1) is 11.3 Å². The molecule has 1 aromatic carbocycles. The molecule has 0 saturated heterocycles. The number of nitro groups is 1. The van der Waals surface area contributed by atoms with Crippen LogP contribution in [0.5, 0.6) is 0 Å². The first-order chi connectivity index (χ1) is 12.6. The number of hydrazone groups is 1. The maximum absolute atomic E-state index is 10.9. The van der Waals surface area contributed by atoms with Crippen molar-refractivity contribution in [1.82, 2.24) is 9.97 Å². The highest BCUT2D eigenvalue weighted by Gasteiger charge is 2.20. The Morgan fingerprint density at radius 1 is 1.31 bits per heavy atom. The molecule has 132 valence electrons. The van der Waals surface area contributed by atoms with E-state index in [0.29, 0.717) is 17.2 Å². The maximum atomic E-state index is 10.9. The van der Waals surface area contributed by atoms with E-state index in [1.165, 1.54) is 35.4 Å². The number of aromatic nitrogens is 2. The fourth-order valence-corrected chi connectivity index (χ4v) is 4.54. The zero-order valence-electron chi connectivity index (χ0n) is 14.2. The summed E-state index contributed by atoms with van der Waals surface area (Å²) in [6, 6.07) is 6.35. The number of thiophene rings is 1. The number of hydrogen-bond acceptors (Lipinski definition) is 7. The Labute approximate surface area is 154 Å². The molecule has 2 aromatic heterocycles. The van der Waals surface area contributed by atoms with Crippen molar-refractivity contribution < 1.29 is 4.92 Å². The minimum atomic E-state index is -0.417. The SMILES string of the molecule is Cc1nc(N/N=C/c2cccc([N+](=O)[O-])c2)c2c3c(sc2n1)CCCC3. The molecule has 3 aromatic rings. The number of nitrogens with zero attached hydrogens (tertiary/aromatic N) is 4. The number of aryl methyl sites for hydroxylation is 3. The van der Waals surface area contributed by atoms with Crippen molar-refractivity contribution in [2.24, 2.45) is 5.10 Å². The van der Waals surface area contributed by atoms with E-state index < -0.39 is 4.92 Å². The summed E-state index contributed by atoms with van der Waals surface area (Å²) in [7, 11) is 0. The van der Waals surface area contributed by atoms with Crippen molar-refractivity contribution in [3.8, 4) is 0 Å². The molecule has 0 spiro atoms. The highest BCUT2D eigenvalue weighted by atomic mass is 32.1. The topological polar surface area (TPSA) is 93.3 Å². The number of non-ortho nitro benzene ring substituents is 1. The molecule has 0 fully saturated rings. The van der Waals surface area contributed by atoms with Gasteiger partial charge in [-0.1, -0.05) is 12.1 Å². The van der Waals surface area contributed by atoms with Gasteiger partial charge in [0.05, 0.1) is 16.5 Å². The van der Waals surface area contributed by atoms with Gasteiger partial charge >= 0.3 is 0 Å². The molecule has 8 heteroatoms. The number of rotatable bonds is 4. The summed E-state index contributed by atoms with van der Waals surface area (Å²) in [4.78, 5) is 21.9. The van der Waals surface area contributed by atoms with Crippen molar-refractivity contribution in [3.05, 3.63) is 56.2 Å². The highest BCUT2D eigenvalue weighted by Crippen LogP contribution is 2.38. The van der Waals surface area contributed by atoms with Crippen LogP contribution in [0.3, 0.4) is 0 Å². The number of hydrogen-bond donors (Lipinski definition) is 1. The standard InChI is InChI=1S/C18H17N5O2S/c1-11-20-17(16-14-7-2-3-8-15(14)26-18(16)21-11)22-19-10-12-5-4-6-13(9-12)23(24)25/h4-6,9-10H,2-3,7-8H2,1H3,(H,20,21,22)/b19-10+. The van der Waals surface area contributed by atoms with Gasteiger partial charge in [-0.05, 0) is 38.2 Å². The molecule has 0 radical (unpaired) electrons. The average Bonchev–Trinajstić information content (AvgIpc) is 3.00. The second-order valence-corrected chi connectivity index (χ2v) is 7.32. The van der Waals surface area contributed by atoms with E-state index in [1.807, 2.05) is 6.92 Å². The number of anilines is 1. The van der Waals surface area contributed by atoms with Gasteiger partial charge in [-0.25, -0.2) is 9.97 Å². The molecule has 0 unspecified atom stereocenters. The summed E-state index contributed by atoms with van der Waals surface area (Å²) >= 11 is 1.75. The summed E-state index contributed by atoms with van der Waals surface area (Å²) in [6.45, 7) is 1.87.